The van der Waals surface area contributed by atoms with Crippen LogP contribution in [-0.2, 0) is 11.3 Å². The van der Waals surface area contributed by atoms with E-state index in [-0.39, 0.29) is 0 Å². The molecule has 0 aliphatic heterocycles. The van der Waals surface area contributed by atoms with Gasteiger partial charge in [0.1, 0.15) is 0 Å². The van der Waals surface area contributed by atoms with Crippen molar-refractivity contribution in [3.8, 4) is 0 Å². The van der Waals surface area contributed by atoms with Crippen LogP contribution in [-0.4, -0.2) is 24.1 Å². The molecule has 1 aromatic carbocycles. The summed E-state index contributed by atoms with van der Waals surface area (Å²) in [6.45, 7) is 0.722. The van der Waals surface area contributed by atoms with Crippen molar-refractivity contribution in [3.63, 3.8) is 0 Å². The first-order valence-corrected chi connectivity index (χ1v) is 8.78. The molecule has 1 aliphatic carbocycles. The van der Waals surface area contributed by atoms with E-state index in [1.54, 1.807) is 11.8 Å². The summed E-state index contributed by atoms with van der Waals surface area (Å²) in [5, 5.41) is 0. The molecule has 2 nitrogen and oxygen atoms in total. The zero-order chi connectivity index (χ0) is 14.4. The zero-order valence-electron chi connectivity index (χ0n) is 12.6. The summed E-state index contributed by atoms with van der Waals surface area (Å²) in [6.07, 6.45) is 9.25. The molecule has 0 spiro atoms. The van der Waals surface area contributed by atoms with Gasteiger partial charge in [0.15, 0.2) is 0 Å². The first kappa shape index (κ1) is 15.4. The average Bonchev–Trinajstić information content (AvgIpc) is 2.49. The van der Waals surface area contributed by atoms with Crippen molar-refractivity contribution in [2.24, 2.45) is 5.92 Å². The van der Waals surface area contributed by atoms with Crippen molar-refractivity contribution in [1.29, 1.82) is 0 Å². The molecule has 110 valence electrons. The summed E-state index contributed by atoms with van der Waals surface area (Å²) in [5.41, 5.74) is 1.21. The summed E-state index contributed by atoms with van der Waals surface area (Å²) in [6, 6.07) is 8.49. The highest BCUT2D eigenvalue weighted by molar-refractivity contribution is 7.98. The normalized spacial score (nSPS) is 16.1. The number of carbonyl (C=O) groups is 1. The molecule has 1 saturated carbocycles. The van der Waals surface area contributed by atoms with Crippen LogP contribution in [0, 0.1) is 5.92 Å². The number of thioether (sulfide) groups is 1. The highest BCUT2D eigenvalue weighted by atomic mass is 32.2. The smallest absolute Gasteiger partial charge is 0.222 e. The molecule has 0 unspecified atom stereocenters. The maximum Gasteiger partial charge on any atom is 0.222 e. The summed E-state index contributed by atoms with van der Waals surface area (Å²) >= 11 is 1.75. The highest BCUT2D eigenvalue weighted by Crippen LogP contribution is 2.27. The number of amides is 1. The third kappa shape index (κ3) is 4.55. The maximum absolute atomic E-state index is 12.3. The van der Waals surface area contributed by atoms with Gasteiger partial charge in [-0.25, -0.2) is 0 Å². The number of nitrogens with zero attached hydrogens (tertiary/aromatic N) is 1. The molecule has 0 atom stereocenters. The van der Waals surface area contributed by atoms with Crippen molar-refractivity contribution in [1.82, 2.24) is 4.90 Å². The van der Waals surface area contributed by atoms with Crippen LogP contribution >= 0.6 is 11.8 Å². The van der Waals surface area contributed by atoms with Crippen LogP contribution in [0.1, 0.15) is 44.1 Å². The monoisotopic (exact) mass is 291 g/mol. The molecule has 0 heterocycles. The largest absolute Gasteiger partial charge is 0.341 e. The molecule has 0 radical (unpaired) electrons. The van der Waals surface area contributed by atoms with Gasteiger partial charge in [0.25, 0.3) is 0 Å². The highest BCUT2D eigenvalue weighted by Gasteiger charge is 2.19. The molecule has 0 bridgehead atoms. The van der Waals surface area contributed by atoms with Gasteiger partial charge in [0.05, 0.1) is 0 Å². The minimum absolute atomic E-state index is 0.297. The Balaban J connectivity index is 1.83. The molecule has 1 fully saturated rings. The Morgan fingerprint density at radius 2 is 1.85 bits per heavy atom. The van der Waals surface area contributed by atoms with Gasteiger partial charge in [-0.3, -0.25) is 4.79 Å². The maximum atomic E-state index is 12.3. The second-order valence-electron chi connectivity index (χ2n) is 5.81. The van der Waals surface area contributed by atoms with E-state index in [0.717, 1.165) is 13.0 Å². The van der Waals surface area contributed by atoms with Gasteiger partial charge in [-0.15, -0.1) is 11.8 Å². The fourth-order valence-corrected chi connectivity index (χ4v) is 3.30. The van der Waals surface area contributed by atoms with Gasteiger partial charge in [-0.1, -0.05) is 31.4 Å². The van der Waals surface area contributed by atoms with Gasteiger partial charge < -0.3 is 4.90 Å². The molecule has 0 N–H and O–H groups in total. The SMILES string of the molecule is CSc1ccc(CN(C)C(=O)CC2CCCCC2)cc1. The molecule has 1 aliphatic rings. The van der Waals surface area contributed by atoms with Crippen LogP contribution in [0.3, 0.4) is 0 Å². The third-order valence-electron chi connectivity index (χ3n) is 4.19. The molecule has 0 saturated heterocycles. The first-order valence-electron chi connectivity index (χ1n) is 7.56. The van der Waals surface area contributed by atoms with Crippen molar-refractivity contribution in [3.05, 3.63) is 29.8 Å². The second-order valence-corrected chi connectivity index (χ2v) is 6.69. The lowest BCUT2D eigenvalue weighted by molar-refractivity contribution is -0.131. The molecular formula is C17H25NOS. The van der Waals surface area contributed by atoms with Crippen LogP contribution in [0.2, 0.25) is 0 Å². The molecule has 0 aromatic heterocycles. The lowest BCUT2D eigenvalue weighted by atomic mass is 9.86. The van der Waals surface area contributed by atoms with Crippen molar-refractivity contribution in [2.45, 2.75) is 50.0 Å². The second kappa shape index (κ2) is 7.72. The van der Waals surface area contributed by atoms with E-state index in [0.29, 0.717) is 11.8 Å². The first-order chi connectivity index (χ1) is 9.69. The average molecular weight is 291 g/mol. The molecule has 2 rings (SSSR count). The van der Waals surface area contributed by atoms with E-state index in [1.165, 1.54) is 42.6 Å². The predicted octanol–water partition coefficient (Wildman–Crippen LogP) is 4.34. The molecular weight excluding hydrogens is 266 g/mol. The van der Waals surface area contributed by atoms with Gasteiger partial charge in [-0.2, -0.15) is 0 Å². The van der Waals surface area contributed by atoms with E-state index in [2.05, 4.69) is 30.5 Å². The van der Waals surface area contributed by atoms with E-state index < -0.39 is 0 Å². The Morgan fingerprint density at radius 3 is 2.45 bits per heavy atom. The van der Waals surface area contributed by atoms with Crippen molar-refractivity contribution < 1.29 is 4.79 Å². The Bertz CT molecular complexity index is 423. The minimum Gasteiger partial charge on any atom is -0.341 e. The summed E-state index contributed by atoms with van der Waals surface area (Å²) < 4.78 is 0. The number of rotatable bonds is 5. The third-order valence-corrected chi connectivity index (χ3v) is 4.94. The van der Waals surface area contributed by atoms with Crippen LogP contribution in [0.5, 0.6) is 0 Å². The predicted molar refractivity (Wildman–Crippen MR) is 85.9 cm³/mol. The summed E-state index contributed by atoms with van der Waals surface area (Å²) in [4.78, 5) is 15.4. The number of hydrogen-bond acceptors (Lipinski definition) is 2. The molecule has 20 heavy (non-hydrogen) atoms. The number of carbonyl (C=O) groups excluding carboxylic acids is 1. The summed E-state index contributed by atoms with van der Waals surface area (Å²) in [5.74, 6) is 0.920. The minimum atomic E-state index is 0.297. The fourth-order valence-electron chi connectivity index (χ4n) is 2.89. The Kier molecular flexibility index (Phi) is 5.96. The van der Waals surface area contributed by atoms with Crippen molar-refractivity contribution >= 4 is 17.7 Å². The fraction of sp³-hybridized carbons (Fsp3) is 0.588. The van der Waals surface area contributed by atoms with Gasteiger partial charge in [0.2, 0.25) is 5.91 Å². The van der Waals surface area contributed by atoms with Crippen LogP contribution in [0.25, 0.3) is 0 Å². The van der Waals surface area contributed by atoms with Gasteiger partial charge in [-0.05, 0) is 42.7 Å². The summed E-state index contributed by atoms with van der Waals surface area (Å²) in [7, 11) is 1.92. The Labute approximate surface area is 126 Å². The lowest BCUT2D eigenvalue weighted by Crippen LogP contribution is -2.28. The molecule has 3 heteroatoms. The van der Waals surface area contributed by atoms with Crippen molar-refractivity contribution in [2.75, 3.05) is 13.3 Å². The van der Waals surface area contributed by atoms with E-state index in [4.69, 9.17) is 0 Å². The van der Waals surface area contributed by atoms with Crippen LogP contribution < -0.4 is 0 Å². The standard InChI is InChI=1S/C17H25NOS/c1-18(13-15-8-10-16(20-2)11-9-15)17(19)12-14-6-4-3-5-7-14/h8-11,14H,3-7,12-13H2,1-2H3. The zero-order valence-corrected chi connectivity index (χ0v) is 13.4. The van der Waals surface area contributed by atoms with Gasteiger partial charge in [0, 0.05) is 24.9 Å². The number of benzene rings is 1. The number of hydrogen-bond donors (Lipinski definition) is 0. The lowest BCUT2D eigenvalue weighted by Gasteiger charge is -2.24. The quantitative estimate of drug-likeness (QED) is 0.752. The Morgan fingerprint density at radius 1 is 1.20 bits per heavy atom. The van der Waals surface area contributed by atoms with Crippen LogP contribution in [0.4, 0.5) is 0 Å². The van der Waals surface area contributed by atoms with E-state index >= 15 is 0 Å². The van der Waals surface area contributed by atoms with E-state index in [9.17, 15) is 4.79 Å². The van der Waals surface area contributed by atoms with Crippen LogP contribution in [0.15, 0.2) is 29.2 Å². The topological polar surface area (TPSA) is 20.3 Å². The van der Waals surface area contributed by atoms with E-state index in [1.807, 2.05) is 11.9 Å². The molecule has 1 aromatic rings. The molecule has 1 amide bonds. The Hall–Kier alpha value is -0.960. The van der Waals surface area contributed by atoms with Gasteiger partial charge >= 0.3 is 0 Å².